The summed E-state index contributed by atoms with van der Waals surface area (Å²) in [5.41, 5.74) is 2.77. The fraction of sp³-hybridized carbons (Fsp3) is 0.727. The predicted molar refractivity (Wildman–Crippen MR) is 59.5 cm³/mol. The van der Waals surface area contributed by atoms with Crippen LogP contribution in [0.3, 0.4) is 0 Å². The largest absolute Gasteiger partial charge is 0.317 e. The Morgan fingerprint density at radius 1 is 1.50 bits per heavy atom. The van der Waals surface area contributed by atoms with Gasteiger partial charge in [-0.2, -0.15) is 5.10 Å². The Morgan fingerprint density at radius 2 is 2.21 bits per heavy atom. The summed E-state index contributed by atoms with van der Waals surface area (Å²) in [7, 11) is 2.00. The van der Waals surface area contributed by atoms with Crippen molar-refractivity contribution in [1.82, 2.24) is 15.1 Å². The first-order valence-electron chi connectivity index (χ1n) is 5.43. The molecular formula is C11H21N3. The van der Waals surface area contributed by atoms with Crippen LogP contribution in [0.15, 0.2) is 6.20 Å². The van der Waals surface area contributed by atoms with E-state index in [1.807, 2.05) is 13.2 Å². The second-order valence-electron chi connectivity index (χ2n) is 3.68. The Kier molecular flexibility index (Phi) is 4.14. The van der Waals surface area contributed by atoms with Crippen LogP contribution in [-0.2, 0) is 19.4 Å². The van der Waals surface area contributed by atoms with Crippen molar-refractivity contribution in [1.29, 1.82) is 0 Å². The van der Waals surface area contributed by atoms with E-state index in [1.165, 1.54) is 11.3 Å². The first-order valence-corrected chi connectivity index (χ1v) is 5.43. The highest BCUT2D eigenvalue weighted by atomic mass is 15.3. The van der Waals surface area contributed by atoms with Gasteiger partial charge in [-0.1, -0.05) is 6.92 Å². The molecule has 0 fully saturated rings. The van der Waals surface area contributed by atoms with Crippen molar-refractivity contribution in [2.45, 2.75) is 46.2 Å². The number of aromatic nitrogens is 2. The van der Waals surface area contributed by atoms with Gasteiger partial charge in [-0.25, -0.2) is 0 Å². The van der Waals surface area contributed by atoms with Gasteiger partial charge in [0.15, 0.2) is 0 Å². The normalized spacial score (nSPS) is 13.1. The standard InChI is InChI=1S/C11H21N3/c1-5-11-10(7-9(3)12-4)8-13-14(11)6-2/h8-9,12H,5-7H2,1-4H3. The van der Waals surface area contributed by atoms with E-state index in [1.54, 1.807) is 0 Å². The summed E-state index contributed by atoms with van der Waals surface area (Å²) in [6.45, 7) is 7.49. The Balaban J connectivity index is 2.80. The zero-order valence-corrected chi connectivity index (χ0v) is 9.67. The van der Waals surface area contributed by atoms with E-state index >= 15 is 0 Å². The van der Waals surface area contributed by atoms with Crippen LogP contribution in [0.5, 0.6) is 0 Å². The number of hydrogen-bond acceptors (Lipinski definition) is 2. The van der Waals surface area contributed by atoms with E-state index in [9.17, 15) is 0 Å². The van der Waals surface area contributed by atoms with E-state index in [0.29, 0.717) is 6.04 Å². The van der Waals surface area contributed by atoms with Crippen molar-refractivity contribution in [3.8, 4) is 0 Å². The van der Waals surface area contributed by atoms with Crippen LogP contribution in [0, 0.1) is 0 Å². The molecule has 0 amide bonds. The summed E-state index contributed by atoms with van der Waals surface area (Å²) in [6.07, 6.45) is 4.15. The fourth-order valence-corrected chi connectivity index (χ4v) is 1.73. The van der Waals surface area contributed by atoms with Crippen LogP contribution in [0.2, 0.25) is 0 Å². The average molecular weight is 195 g/mol. The Labute approximate surface area is 86.5 Å². The first-order chi connectivity index (χ1) is 6.72. The first kappa shape index (κ1) is 11.2. The van der Waals surface area contributed by atoms with E-state index in [0.717, 1.165) is 19.4 Å². The van der Waals surface area contributed by atoms with Gasteiger partial charge < -0.3 is 5.32 Å². The summed E-state index contributed by atoms with van der Waals surface area (Å²) < 4.78 is 2.09. The highest BCUT2D eigenvalue weighted by molar-refractivity contribution is 5.19. The van der Waals surface area contributed by atoms with Gasteiger partial charge in [-0.15, -0.1) is 0 Å². The molecule has 1 atom stereocenters. The molecule has 1 aromatic rings. The molecule has 80 valence electrons. The van der Waals surface area contributed by atoms with Crippen molar-refractivity contribution >= 4 is 0 Å². The monoisotopic (exact) mass is 195 g/mol. The molecule has 0 spiro atoms. The molecule has 1 heterocycles. The average Bonchev–Trinajstić information content (AvgIpc) is 2.59. The van der Waals surface area contributed by atoms with Gasteiger partial charge in [-0.05, 0) is 39.3 Å². The quantitative estimate of drug-likeness (QED) is 0.773. The number of hydrogen-bond donors (Lipinski definition) is 1. The molecule has 1 N–H and O–H groups in total. The topological polar surface area (TPSA) is 29.9 Å². The second-order valence-corrected chi connectivity index (χ2v) is 3.68. The summed E-state index contributed by atoms with van der Waals surface area (Å²) in [6, 6.07) is 0.523. The van der Waals surface area contributed by atoms with Crippen molar-refractivity contribution in [3.63, 3.8) is 0 Å². The lowest BCUT2D eigenvalue weighted by molar-refractivity contribution is 0.596. The molecule has 1 rings (SSSR count). The third kappa shape index (κ3) is 2.35. The molecule has 0 aliphatic heterocycles. The number of rotatable bonds is 5. The predicted octanol–water partition coefficient (Wildman–Crippen LogP) is 1.62. The number of nitrogens with one attached hydrogen (secondary N) is 1. The van der Waals surface area contributed by atoms with Crippen LogP contribution >= 0.6 is 0 Å². The number of nitrogens with zero attached hydrogens (tertiary/aromatic N) is 2. The molecule has 0 radical (unpaired) electrons. The van der Waals surface area contributed by atoms with Gasteiger partial charge >= 0.3 is 0 Å². The number of likely N-dealkylation sites (N-methyl/N-ethyl adjacent to an activating group) is 1. The fourth-order valence-electron chi connectivity index (χ4n) is 1.73. The maximum Gasteiger partial charge on any atom is 0.0525 e. The molecule has 0 aliphatic rings. The lowest BCUT2D eigenvalue weighted by Gasteiger charge is -2.10. The molecule has 0 saturated heterocycles. The zero-order valence-electron chi connectivity index (χ0n) is 9.67. The SMILES string of the molecule is CCc1c(CC(C)NC)cnn1CC. The van der Waals surface area contributed by atoms with Gasteiger partial charge in [0.1, 0.15) is 0 Å². The van der Waals surface area contributed by atoms with Crippen molar-refractivity contribution < 1.29 is 0 Å². The maximum absolute atomic E-state index is 4.38. The van der Waals surface area contributed by atoms with E-state index < -0.39 is 0 Å². The van der Waals surface area contributed by atoms with Gasteiger partial charge in [0.25, 0.3) is 0 Å². The Morgan fingerprint density at radius 3 is 2.71 bits per heavy atom. The van der Waals surface area contributed by atoms with Crippen LogP contribution in [0.4, 0.5) is 0 Å². The minimum absolute atomic E-state index is 0.523. The summed E-state index contributed by atoms with van der Waals surface area (Å²) in [5, 5.41) is 7.64. The van der Waals surface area contributed by atoms with Crippen LogP contribution in [0.1, 0.15) is 32.0 Å². The molecule has 0 bridgehead atoms. The molecule has 3 heteroatoms. The van der Waals surface area contributed by atoms with Crippen LogP contribution in [-0.4, -0.2) is 22.9 Å². The van der Waals surface area contributed by atoms with Gasteiger partial charge in [0, 0.05) is 18.3 Å². The molecular weight excluding hydrogens is 174 g/mol. The van der Waals surface area contributed by atoms with Crippen LogP contribution in [0.25, 0.3) is 0 Å². The summed E-state index contributed by atoms with van der Waals surface area (Å²) in [4.78, 5) is 0. The highest BCUT2D eigenvalue weighted by Crippen LogP contribution is 2.11. The van der Waals surface area contributed by atoms with Crippen molar-refractivity contribution in [2.24, 2.45) is 0 Å². The van der Waals surface area contributed by atoms with Crippen molar-refractivity contribution in [2.75, 3.05) is 7.05 Å². The second kappa shape index (κ2) is 5.15. The molecule has 1 aromatic heterocycles. The minimum atomic E-state index is 0.523. The summed E-state index contributed by atoms with van der Waals surface area (Å²) >= 11 is 0. The molecule has 1 unspecified atom stereocenters. The van der Waals surface area contributed by atoms with Crippen LogP contribution < -0.4 is 5.32 Å². The third-order valence-electron chi connectivity index (χ3n) is 2.69. The molecule has 0 aromatic carbocycles. The molecule has 0 aliphatic carbocycles. The Bertz CT molecular complexity index is 278. The van der Waals surface area contributed by atoms with E-state index in [2.05, 4.69) is 35.9 Å². The molecule has 14 heavy (non-hydrogen) atoms. The van der Waals surface area contributed by atoms with Gasteiger partial charge in [-0.3, -0.25) is 4.68 Å². The third-order valence-corrected chi connectivity index (χ3v) is 2.69. The van der Waals surface area contributed by atoms with E-state index in [4.69, 9.17) is 0 Å². The van der Waals surface area contributed by atoms with Gasteiger partial charge in [0.2, 0.25) is 0 Å². The smallest absolute Gasteiger partial charge is 0.0525 e. The summed E-state index contributed by atoms with van der Waals surface area (Å²) in [5.74, 6) is 0. The van der Waals surface area contributed by atoms with Crippen molar-refractivity contribution in [3.05, 3.63) is 17.5 Å². The minimum Gasteiger partial charge on any atom is -0.317 e. The lowest BCUT2D eigenvalue weighted by Crippen LogP contribution is -2.23. The highest BCUT2D eigenvalue weighted by Gasteiger charge is 2.10. The lowest BCUT2D eigenvalue weighted by atomic mass is 10.1. The molecule has 3 nitrogen and oxygen atoms in total. The van der Waals surface area contributed by atoms with E-state index in [-0.39, 0.29) is 0 Å². The number of aryl methyl sites for hydroxylation is 1. The maximum atomic E-state index is 4.38. The zero-order chi connectivity index (χ0) is 10.6. The molecule has 0 saturated carbocycles. The van der Waals surface area contributed by atoms with Gasteiger partial charge in [0.05, 0.1) is 6.20 Å². The Hall–Kier alpha value is -0.830.